The predicted octanol–water partition coefficient (Wildman–Crippen LogP) is 4.46. The van der Waals surface area contributed by atoms with Crippen LogP contribution in [0.3, 0.4) is 0 Å². The molecule has 0 aliphatic heterocycles. The minimum Gasteiger partial charge on any atom is -0.454 e. The van der Waals surface area contributed by atoms with Crippen LogP contribution in [-0.2, 0) is 35.3 Å². The van der Waals surface area contributed by atoms with E-state index < -0.39 is 17.6 Å². The first kappa shape index (κ1) is 26.1. The number of ether oxygens (including phenoxy) is 1. The molecule has 0 bridgehead atoms. The van der Waals surface area contributed by atoms with Gasteiger partial charge in [-0.1, -0.05) is 19.1 Å². The van der Waals surface area contributed by atoms with Gasteiger partial charge in [0.15, 0.2) is 5.76 Å². The molecule has 10 heteroatoms. The number of rotatable bonds is 11. The maximum atomic E-state index is 12.9. The lowest BCUT2D eigenvalue weighted by Gasteiger charge is -2.22. The molecule has 0 saturated heterocycles. The SMILES string of the molecule is CCCN(Cc1cccn1Cc1ccc(C(=O)NCc2cccc(C(F)(F)F)c2)o1)C(=O)COC. The van der Waals surface area contributed by atoms with E-state index >= 15 is 0 Å². The Morgan fingerprint density at radius 3 is 2.66 bits per heavy atom. The number of carbonyl (C=O) groups is 2. The van der Waals surface area contributed by atoms with E-state index in [0.717, 1.165) is 24.2 Å². The van der Waals surface area contributed by atoms with E-state index in [2.05, 4.69) is 5.32 Å². The lowest BCUT2D eigenvalue weighted by atomic mass is 10.1. The number of nitrogens with one attached hydrogen (secondary N) is 1. The fraction of sp³-hybridized carbons (Fsp3) is 0.360. The Kier molecular flexibility index (Phi) is 8.75. The van der Waals surface area contributed by atoms with Gasteiger partial charge in [0, 0.05) is 32.1 Å². The first-order valence-corrected chi connectivity index (χ1v) is 11.1. The summed E-state index contributed by atoms with van der Waals surface area (Å²) in [5.41, 5.74) is 0.458. The average molecular weight is 492 g/mol. The fourth-order valence-electron chi connectivity index (χ4n) is 3.60. The number of benzene rings is 1. The molecule has 0 aliphatic carbocycles. The molecule has 1 aromatic carbocycles. The number of halogens is 3. The number of methoxy groups -OCH3 is 1. The molecule has 0 saturated carbocycles. The van der Waals surface area contributed by atoms with Crippen LogP contribution in [0.1, 0.15) is 46.5 Å². The molecular formula is C25H28F3N3O4. The molecule has 7 nitrogen and oxygen atoms in total. The highest BCUT2D eigenvalue weighted by molar-refractivity contribution is 5.91. The third kappa shape index (κ3) is 7.22. The molecule has 188 valence electrons. The summed E-state index contributed by atoms with van der Waals surface area (Å²) in [5, 5.41) is 2.58. The summed E-state index contributed by atoms with van der Waals surface area (Å²) in [7, 11) is 1.48. The largest absolute Gasteiger partial charge is 0.454 e. The molecule has 0 aliphatic rings. The zero-order chi connectivity index (χ0) is 25.4. The Labute approximate surface area is 201 Å². The number of carbonyl (C=O) groups excluding carboxylic acids is 2. The summed E-state index contributed by atoms with van der Waals surface area (Å²) in [4.78, 5) is 26.5. The summed E-state index contributed by atoms with van der Waals surface area (Å²) in [6, 6.07) is 11.8. The highest BCUT2D eigenvalue weighted by atomic mass is 19.4. The zero-order valence-corrected chi connectivity index (χ0v) is 19.6. The standard InChI is InChI=1S/C25H28F3N3O4/c1-3-11-31(23(32)17-34-2)15-20-8-5-12-30(20)16-21-9-10-22(35-21)24(33)29-14-18-6-4-7-19(13-18)25(26,27)28/h4-10,12-13H,3,11,14-17H2,1-2H3,(H,29,33). The van der Waals surface area contributed by atoms with Crippen LogP contribution in [0.5, 0.6) is 0 Å². The van der Waals surface area contributed by atoms with Gasteiger partial charge in [0.1, 0.15) is 12.4 Å². The van der Waals surface area contributed by atoms with E-state index in [0.29, 0.717) is 31.0 Å². The summed E-state index contributed by atoms with van der Waals surface area (Å²) in [6.07, 6.45) is -1.78. The monoisotopic (exact) mass is 491 g/mol. The van der Waals surface area contributed by atoms with Gasteiger partial charge < -0.3 is 23.9 Å². The van der Waals surface area contributed by atoms with Gasteiger partial charge in [-0.2, -0.15) is 13.2 Å². The number of hydrogen-bond acceptors (Lipinski definition) is 4. The number of alkyl halides is 3. The van der Waals surface area contributed by atoms with Crippen LogP contribution in [0.2, 0.25) is 0 Å². The van der Waals surface area contributed by atoms with Gasteiger partial charge in [0.2, 0.25) is 5.91 Å². The van der Waals surface area contributed by atoms with Crippen molar-refractivity contribution in [1.29, 1.82) is 0 Å². The number of hydrogen-bond donors (Lipinski definition) is 1. The average Bonchev–Trinajstić information content (AvgIpc) is 3.47. The lowest BCUT2D eigenvalue weighted by Crippen LogP contribution is -2.34. The van der Waals surface area contributed by atoms with Gasteiger partial charge in [-0.3, -0.25) is 9.59 Å². The molecule has 0 spiro atoms. The molecular weight excluding hydrogens is 463 g/mol. The van der Waals surface area contributed by atoms with Gasteiger partial charge in [0.05, 0.1) is 18.7 Å². The molecule has 0 fully saturated rings. The minimum atomic E-state index is -4.45. The normalized spacial score (nSPS) is 11.5. The molecule has 3 aromatic rings. The second-order valence-corrected chi connectivity index (χ2v) is 8.02. The molecule has 0 unspecified atom stereocenters. The quantitative estimate of drug-likeness (QED) is 0.430. The van der Waals surface area contributed by atoms with Crippen molar-refractivity contribution < 1.29 is 31.9 Å². The number of furan rings is 1. The van der Waals surface area contributed by atoms with Gasteiger partial charge in [-0.25, -0.2) is 0 Å². The van der Waals surface area contributed by atoms with Gasteiger partial charge in [-0.05, 0) is 48.4 Å². The van der Waals surface area contributed by atoms with Crippen LogP contribution >= 0.6 is 0 Å². The third-order valence-corrected chi connectivity index (χ3v) is 5.31. The molecule has 2 heterocycles. The van der Waals surface area contributed by atoms with E-state index in [-0.39, 0.29) is 24.8 Å². The van der Waals surface area contributed by atoms with Gasteiger partial charge in [-0.15, -0.1) is 0 Å². The van der Waals surface area contributed by atoms with Crippen molar-refractivity contribution in [2.75, 3.05) is 20.3 Å². The Bertz CT molecular complexity index is 1140. The molecule has 0 atom stereocenters. The molecule has 3 rings (SSSR count). The highest BCUT2D eigenvalue weighted by Gasteiger charge is 2.30. The van der Waals surface area contributed by atoms with E-state index in [4.69, 9.17) is 9.15 Å². The summed E-state index contributed by atoms with van der Waals surface area (Å²) in [6.45, 7) is 3.30. The minimum absolute atomic E-state index is 0.0118. The van der Waals surface area contributed by atoms with Crippen LogP contribution < -0.4 is 5.32 Å². The van der Waals surface area contributed by atoms with Crippen molar-refractivity contribution in [2.45, 2.75) is 39.2 Å². The summed E-state index contributed by atoms with van der Waals surface area (Å²) >= 11 is 0. The first-order chi connectivity index (χ1) is 16.7. The highest BCUT2D eigenvalue weighted by Crippen LogP contribution is 2.29. The van der Waals surface area contributed by atoms with E-state index in [1.54, 1.807) is 11.0 Å². The third-order valence-electron chi connectivity index (χ3n) is 5.31. The second-order valence-electron chi connectivity index (χ2n) is 8.02. The summed E-state index contributed by atoms with van der Waals surface area (Å²) < 4.78 is 51.2. The van der Waals surface area contributed by atoms with E-state index in [9.17, 15) is 22.8 Å². The van der Waals surface area contributed by atoms with E-state index in [1.165, 1.54) is 25.3 Å². The van der Waals surface area contributed by atoms with Crippen molar-refractivity contribution in [1.82, 2.24) is 14.8 Å². The predicted molar refractivity (Wildman–Crippen MR) is 122 cm³/mol. The van der Waals surface area contributed by atoms with Crippen molar-refractivity contribution in [3.8, 4) is 0 Å². The van der Waals surface area contributed by atoms with Crippen LogP contribution in [0.25, 0.3) is 0 Å². The number of amides is 2. The van der Waals surface area contributed by atoms with Crippen molar-refractivity contribution in [3.05, 3.63) is 83.1 Å². The molecule has 2 amide bonds. The molecule has 2 aromatic heterocycles. The topological polar surface area (TPSA) is 76.7 Å². The maximum Gasteiger partial charge on any atom is 0.416 e. The van der Waals surface area contributed by atoms with Crippen LogP contribution in [-0.4, -0.2) is 41.5 Å². The Balaban J connectivity index is 1.61. The van der Waals surface area contributed by atoms with Crippen LogP contribution in [0.4, 0.5) is 13.2 Å². The van der Waals surface area contributed by atoms with Crippen LogP contribution in [0.15, 0.2) is 59.1 Å². The molecule has 0 radical (unpaired) electrons. The van der Waals surface area contributed by atoms with Crippen molar-refractivity contribution >= 4 is 11.8 Å². The van der Waals surface area contributed by atoms with Gasteiger partial charge in [0.25, 0.3) is 5.91 Å². The Hall–Kier alpha value is -3.53. The number of aromatic nitrogens is 1. The molecule has 35 heavy (non-hydrogen) atoms. The maximum absolute atomic E-state index is 12.9. The Morgan fingerprint density at radius 2 is 1.94 bits per heavy atom. The van der Waals surface area contributed by atoms with Crippen molar-refractivity contribution in [2.24, 2.45) is 0 Å². The van der Waals surface area contributed by atoms with Gasteiger partial charge >= 0.3 is 6.18 Å². The summed E-state index contributed by atoms with van der Waals surface area (Å²) in [5.74, 6) is -0.0407. The lowest BCUT2D eigenvalue weighted by molar-refractivity contribution is -0.137. The van der Waals surface area contributed by atoms with Crippen LogP contribution in [0, 0.1) is 0 Å². The smallest absolute Gasteiger partial charge is 0.416 e. The second kappa shape index (κ2) is 11.7. The molecule has 1 N–H and O–H groups in total. The Morgan fingerprint density at radius 1 is 1.14 bits per heavy atom. The zero-order valence-electron chi connectivity index (χ0n) is 19.6. The number of nitrogens with zero attached hydrogens (tertiary/aromatic N) is 2. The fourth-order valence-corrected chi connectivity index (χ4v) is 3.60. The first-order valence-electron chi connectivity index (χ1n) is 11.1. The van der Waals surface area contributed by atoms with Crippen molar-refractivity contribution in [3.63, 3.8) is 0 Å². The van der Waals surface area contributed by atoms with E-state index in [1.807, 2.05) is 29.8 Å².